The number of aromatic nitrogens is 1. The first-order valence-corrected chi connectivity index (χ1v) is 3.60. The molecule has 0 aromatic carbocycles. The SMILES string of the molecule is CN1Cc2ccn(C)c2C1=O. The average Bonchev–Trinajstić information content (AvgIpc) is 2.41. The number of nitrogens with zero attached hydrogens (tertiary/aromatic N) is 2. The van der Waals surface area contributed by atoms with Gasteiger partial charge >= 0.3 is 0 Å². The molecule has 1 aliphatic heterocycles. The Balaban J connectivity index is 2.58. The number of carbonyl (C=O) groups is 1. The van der Waals surface area contributed by atoms with E-state index in [1.807, 2.05) is 30.9 Å². The molecule has 0 fully saturated rings. The van der Waals surface area contributed by atoms with E-state index in [1.54, 1.807) is 4.90 Å². The average molecular weight is 150 g/mol. The number of rotatable bonds is 0. The monoisotopic (exact) mass is 150 g/mol. The fourth-order valence-corrected chi connectivity index (χ4v) is 1.51. The Morgan fingerprint density at radius 2 is 2.18 bits per heavy atom. The van der Waals surface area contributed by atoms with E-state index in [0.717, 1.165) is 17.8 Å². The molecular weight excluding hydrogens is 140 g/mol. The van der Waals surface area contributed by atoms with Crippen molar-refractivity contribution in [2.75, 3.05) is 7.05 Å². The molecule has 1 aromatic heterocycles. The third kappa shape index (κ3) is 0.707. The highest BCUT2D eigenvalue weighted by Crippen LogP contribution is 2.20. The molecule has 1 aromatic rings. The van der Waals surface area contributed by atoms with Gasteiger partial charge in [-0.3, -0.25) is 4.79 Å². The molecule has 2 rings (SSSR count). The Morgan fingerprint density at radius 1 is 1.45 bits per heavy atom. The van der Waals surface area contributed by atoms with Crippen LogP contribution in [0.1, 0.15) is 16.1 Å². The van der Waals surface area contributed by atoms with Crippen LogP contribution in [0.25, 0.3) is 0 Å². The lowest BCUT2D eigenvalue weighted by Crippen LogP contribution is -2.19. The van der Waals surface area contributed by atoms with Crippen molar-refractivity contribution in [3.63, 3.8) is 0 Å². The van der Waals surface area contributed by atoms with Gasteiger partial charge in [-0.1, -0.05) is 0 Å². The van der Waals surface area contributed by atoms with Crippen LogP contribution >= 0.6 is 0 Å². The Bertz CT molecular complexity index is 314. The molecule has 0 spiro atoms. The van der Waals surface area contributed by atoms with Gasteiger partial charge in [0.05, 0.1) is 0 Å². The van der Waals surface area contributed by atoms with Crippen LogP contribution in [0.2, 0.25) is 0 Å². The lowest BCUT2D eigenvalue weighted by molar-refractivity contribution is 0.0808. The van der Waals surface area contributed by atoms with Crippen LogP contribution in [0.5, 0.6) is 0 Å². The second-order valence-electron chi connectivity index (χ2n) is 2.96. The largest absolute Gasteiger partial charge is 0.346 e. The van der Waals surface area contributed by atoms with Crippen LogP contribution in [-0.2, 0) is 13.6 Å². The van der Waals surface area contributed by atoms with Crippen molar-refractivity contribution in [2.45, 2.75) is 6.54 Å². The zero-order valence-electron chi connectivity index (χ0n) is 6.66. The fourth-order valence-electron chi connectivity index (χ4n) is 1.51. The summed E-state index contributed by atoms with van der Waals surface area (Å²) in [5, 5.41) is 0. The third-order valence-corrected chi connectivity index (χ3v) is 2.11. The van der Waals surface area contributed by atoms with Crippen LogP contribution in [0.15, 0.2) is 12.3 Å². The van der Waals surface area contributed by atoms with Crippen LogP contribution in [0.3, 0.4) is 0 Å². The van der Waals surface area contributed by atoms with Gasteiger partial charge in [-0.15, -0.1) is 0 Å². The summed E-state index contributed by atoms with van der Waals surface area (Å²) in [5.74, 6) is 0.132. The van der Waals surface area contributed by atoms with E-state index in [1.165, 1.54) is 0 Å². The first-order valence-electron chi connectivity index (χ1n) is 3.60. The Labute approximate surface area is 65.2 Å². The number of carbonyl (C=O) groups excluding carboxylic acids is 1. The van der Waals surface area contributed by atoms with Crippen LogP contribution in [0.4, 0.5) is 0 Å². The first kappa shape index (κ1) is 6.46. The van der Waals surface area contributed by atoms with Gasteiger partial charge in [0.25, 0.3) is 5.91 Å². The fraction of sp³-hybridized carbons (Fsp3) is 0.375. The lowest BCUT2D eigenvalue weighted by Gasteiger charge is -2.06. The second-order valence-corrected chi connectivity index (χ2v) is 2.96. The van der Waals surface area contributed by atoms with Gasteiger partial charge in [-0.05, 0) is 6.07 Å². The Hall–Kier alpha value is -1.25. The normalized spacial score (nSPS) is 15.8. The summed E-state index contributed by atoms with van der Waals surface area (Å²) in [6.07, 6.45) is 1.93. The number of hydrogen-bond donors (Lipinski definition) is 0. The van der Waals surface area contributed by atoms with E-state index in [0.29, 0.717) is 0 Å². The summed E-state index contributed by atoms with van der Waals surface area (Å²) < 4.78 is 1.88. The van der Waals surface area contributed by atoms with Crippen LogP contribution in [-0.4, -0.2) is 22.4 Å². The molecule has 1 amide bonds. The number of fused-ring (bicyclic) bond motifs is 1. The van der Waals surface area contributed by atoms with E-state index < -0.39 is 0 Å². The molecule has 0 saturated carbocycles. The quantitative estimate of drug-likeness (QED) is 0.532. The molecule has 0 saturated heterocycles. The summed E-state index contributed by atoms with van der Waals surface area (Å²) in [5.41, 5.74) is 1.98. The van der Waals surface area contributed by atoms with Crippen molar-refractivity contribution in [3.05, 3.63) is 23.5 Å². The maximum atomic E-state index is 11.4. The van der Waals surface area contributed by atoms with Gasteiger partial charge in [0, 0.05) is 32.4 Å². The van der Waals surface area contributed by atoms with Crippen molar-refractivity contribution in [1.82, 2.24) is 9.47 Å². The molecule has 3 heteroatoms. The highest BCUT2D eigenvalue weighted by atomic mass is 16.2. The van der Waals surface area contributed by atoms with Gasteiger partial charge in [0.2, 0.25) is 0 Å². The summed E-state index contributed by atoms with van der Waals surface area (Å²) in [6.45, 7) is 0.759. The minimum atomic E-state index is 0.132. The van der Waals surface area contributed by atoms with E-state index in [-0.39, 0.29) is 5.91 Å². The van der Waals surface area contributed by atoms with Crippen molar-refractivity contribution in [1.29, 1.82) is 0 Å². The predicted molar refractivity (Wildman–Crippen MR) is 41.2 cm³/mol. The van der Waals surface area contributed by atoms with Crippen molar-refractivity contribution >= 4 is 5.91 Å². The summed E-state index contributed by atoms with van der Waals surface area (Å²) in [4.78, 5) is 13.1. The minimum absolute atomic E-state index is 0.132. The summed E-state index contributed by atoms with van der Waals surface area (Å²) in [6, 6.07) is 2.00. The molecule has 0 bridgehead atoms. The van der Waals surface area contributed by atoms with Gasteiger partial charge < -0.3 is 9.47 Å². The zero-order valence-corrected chi connectivity index (χ0v) is 6.66. The molecule has 0 atom stereocenters. The standard InChI is InChI=1S/C8H10N2O/c1-9-4-3-6-5-10(2)8(11)7(6)9/h3-4H,5H2,1-2H3. The first-order chi connectivity index (χ1) is 5.20. The highest BCUT2D eigenvalue weighted by molar-refractivity contribution is 5.96. The third-order valence-electron chi connectivity index (χ3n) is 2.11. The lowest BCUT2D eigenvalue weighted by atomic mass is 10.3. The van der Waals surface area contributed by atoms with E-state index >= 15 is 0 Å². The van der Waals surface area contributed by atoms with E-state index in [2.05, 4.69) is 0 Å². The topological polar surface area (TPSA) is 25.2 Å². The summed E-state index contributed by atoms with van der Waals surface area (Å²) in [7, 11) is 3.72. The molecule has 0 radical (unpaired) electrons. The maximum Gasteiger partial charge on any atom is 0.270 e. The van der Waals surface area contributed by atoms with Crippen molar-refractivity contribution in [2.24, 2.45) is 7.05 Å². The Morgan fingerprint density at radius 3 is 2.82 bits per heavy atom. The molecule has 1 aliphatic rings. The minimum Gasteiger partial charge on any atom is -0.346 e. The molecule has 58 valence electrons. The second kappa shape index (κ2) is 1.87. The van der Waals surface area contributed by atoms with Crippen LogP contribution < -0.4 is 0 Å². The van der Waals surface area contributed by atoms with E-state index in [9.17, 15) is 4.79 Å². The molecule has 3 nitrogen and oxygen atoms in total. The van der Waals surface area contributed by atoms with Crippen LogP contribution in [0, 0.1) is 0 Å². The van der Waals surface area contributed by atoms with E-state index in [4.69, 9.17) is 0 Å². The number of aryl methyl sites for hydroxylation is 1. The van der Waals surface area contributed by atoms with Gasteiger partial charge in [0.15, 0.2) is 0 Å². The molecule has 11 heavy (non-hydrogen) atoms. The zero-order chi connectivity index (χ0) is 8.01. The maximum absolute atomic E-state index is 11.4. The smallest absolute Gasteiger partial charge is 0.270 e. The van der Waals surface area contributed by atoms with Gasteiger partial charge in [-0.2, -0.15) is 0 Å². The molecule has 0 aliphatic carbocycles. The predicted octanol–water partition coefficient (Wildman–Crippen LogP) is 0.611. The number of amides is 1. The molecule has 0 unspecified atom stereocenters. The van der Waals surface area contributed by atoms with Crippen molar-refractivity contribution < 1.29 is 4.79 Å². The highest BCUT2D eigenvalue weighted by Gasteiger charge is 2.26. The Kier molecular flexibility index (Phi) is 1.10. The molecule has 0 N–H and O–H groups in total. The van der Waals surface area contributed by atoms with Gasteiger partial charge in [-0.25, -0.2) is 0 Å². The molecular formula is C8H10N2O. The van der Waals surface area contributed by atoms with Crippen molar-refractivity contribution in [3.8, 4) is 0 Å². The van der Waals surface area contributed by atoms with Gasteiger partial charge in [0.1, 0.15) is 5.69 Å². The molecule has 2 heterocycles. The number of hydrogen-bond acceptors (Lipinski definition) is 1. The summed E-state index contributed by atoms with van der Waals surface area (Å²) >= 11 is 0.